The summed E-state index contributed by atoms with van der Waals surface area (Å²) in [7, 11) is 0. The summed E-state index contributed by atoms with van der Waals surface area (Å²) >= 11 is 0. The lowest BCUT2D eigenvalue weighted by atomic mass is 9.67. The highest BCUT2D eigenvalue weighted by Crippen LogP contribution is 2.43. The highest BCUT2D eigenvalue weighted by Gasteiger charge is 2.53. The van der Waals surface area contributed by atoms with Crippen LogP contribution in [-0.4, -0.2) is 53.9 Å². The molecule has 172 valence electrons. The molecule has 32 heavy (non-hydrogen) atoms. The second-order valence-corrected chi connectivity index (χ2v) is 10.0. The number of anilines is 2. The van der Waals surface area contributed by atoms with Crippen LogP contribution in [0, 0.1) is 11.3 Å². The number of benzene rings is 1. The molecule has 1 spiro atoms. The lowest BCUT2D eigenvalue weighted by Crippen LogP contribution is -2.50. The minimum atomic E-state index is -0.887. The van der Waals surface area contributed by atoms with Crippen LogP contribution >= 0.6 is 0 Å². The molecule has 0 atom stereocenters. The molecule has 1 aromatic carbocycles. The van der Waals surface area contributed by atoms with E-state index in [2.05, 4.69) is 36.7 Å². The van der Waals surface area contributed by atoms with Gasteiger partial charge in [0.15, 0.2) is 0 Å². The van der Waals surface area contributed by atoms with Crippen molar-refractivity contribution in [2.24, 2.45) is 11.3 Å². The van der Waals surface area contributed by atoms with Gasteiger partial charge in [0.05, 0.1) is 0 Å². The van der Waals surface area contributed by atoms with Crippen LogP contribution in [0.3, 0.4) is 0 Å². The van der Waals surface area contributed by atoms with Gasteiger partial charge in [0.2, 0.25) is 5.91 Å². The van der Waals surface area contributed by atoms with E-state index in [9.17, 15) is 19.2 Å². The third kappa shape index (κ3) is 4.16. The quantitative estimate of drug-likeness (QED) is 0.624. The van der Waals surface area contributed by atoms with Gasteiger partial charge in [0.1, 0.15) is 12.1 Å². The van der Waals surface area contributed by atoms with Crippen LogP contribution in [0.4, 0.5) is 21.0 Å². The SMILES string of the molecule is CC(C)(C)C1CCC2(CC1)NC(=O)N(CC(=O)Nc1cccc(N3CCNC3=O)c1)C2=O. The monoisotopic (exact) mass is 441 g/mol. The van der Waals surface area contributed by atoms with Crippen molar-refractivity contribution in [3.05, 3.63) is 24.3 Å². The zero-order chi connectivity index (χ0) is 23.1. The molecule has 9 nitrogen and oxygen atoms in total. The van der Waals surface area contributed by atoms with E-state index >= 15 is 0 Å². The van der Waals surface area contributed by atoms with E-state index in [4.69, 9.17) is 0 Å². The molecular formula is C23H31N5O4. The Labute approximate surface area is 187 Å². The summed E-state index contributed by atoms with van der Waals surface area (Å²) in [6.45, 7) is 7.38. The van der Waals surface area contributed by atoms with Gasteiger partial charge in [-0.3, -0.25) is 19.4 Å². The predicted molar refractivity (Wildman–Crippen MR) is 120 cm³/mol. The van der Waals surface area contributed by atoms with Crippen molar-refractivity contribution in [3.63, 3.8) is 0 Å². The van der Waals surface area contributed by atoms with Gasteiger partial charge < -0.3 is 16.0 Å². The number of hydrogen-bond donors (Lipinski definition) is 3. The number of nitrogens with one attached hydrogen (secondary N) is 3. The van der Waals surface area contributed by atoms with Crippen LogP contribution in [0.1, 0.15) is 46.5 Å². The highest BCUT2D eigenvalue weighted by molar-refractivity contribution is 6.10. The fourth-order valence-corrected chi connectivity index (χ4v) is 4.95. The summed E-state index contributed by atoms with van der Waals surface area (Å²) in [6.07, 6.45) is 2.92. The van der Waals surface area contributed by atoms with Crippen LogP contribution < -0.4 is 20.9 Å². The standard InChI is InChI=1S/C23H31N5O4/c1-22(2,3)15-7-9-23(10-8-15)19(30)28(21(32)26-23)14-18(29)25-16-5-4-6-17(13-16)27-12-11-24-20(27)31/h4-6,13,15H,7-12,14H2,1-3H3,(H,24,31)(H,25,29)(H,26,32). The molecule has 0 bridgehead atoms. The van der Waals surface area contributed by atoms with Gasteiger partial charge >= 0.3 is 12.1 Å². The molecule has 3 aliphatic rings. The maximum absolute atomic E-state index is 13.1. The third-order valence-corrected chi connectivity index (χ3v) is 6.91. The Bertz CT molecular complexity index is 946. The Kier molecular flexibility index (Phi) is 5.60. The van der Waals surface area contributed by atoms with Crippen LogP contribution in [0.15, 0.2) is 24.3 Å². The number of carbonyl (C=O) groups is 4. The minimum Gasteiger partial charge on any atom is -0.336 e. The van der Waals surface area contributed by atoms with Crippen molar-refractivity contribution in [1.29, 1.82) is 0 Å². The van der Waals surface area contributed by atoms with Crippen LogP contribution in [0.5, 0.6) is 0 Å². The number of imide groups is 1. The third-order valence-electron chi connectivity index (χ3n) is 6.91. The van der Waals surface area contributed by atoms with E-state index in [-0.39, 0.29) is 23.9 Å². The molecule has 0 aromatic heterocycles. The van der Waals surface area contributed by atoms with Gasteiger partial charge in [-0.15, -0.1) is 0 Å². The molecule has 9 heteroatoms. The number of carbonyl (C=O) groups excluding carboxylic acids is 4. The molecule has 1 saturated carbocycles. The molecule has 3 N–H and O–H groups in total. The number of nitrogens with zero attached hydrogens (tertiary/aromatic N) is 2. The van der Waals surface area contributed by atoms with Crippen molar-refractivity contribution in [3.8, 4) is 0 Å². The maximum Gasteiger partial charge on any atom is 0.325 e. The van der Waals surface area contributed by atoms with Gasteiger partial charge in [0.25, 0.3) is 5.91 Å². The Morgan fingerprint density at radius 1 is 1.16 bits per heavy atom. The van der Waals surface area contributed by atoms with Crippen molar-refractivity contribution in [2.45, 2.75) is 52.0 Å². The lowest BCUT2D eigenvalue weighted by Gasteiger charge is -2.40. The Balaban J connectivity index is 1.38. The van der Waals surface area contributed by atoms with Gasteiger partial charge in [-0.05, 0) is 55.2 Å². The maximum atomic E-state index is 13.1. The fourth-order valence-electron chi connectivity index (χ4n) is 4.95. The van der Waals surface area contributed by atoms with Crippen molar-refractivity contribution < 1.29 is 19.2 Å². The molecule has 3 fully saturated rings. The summed E-state index contributed by atoms with van der Waals surface area (Å²) < 4.78 is 0. The van der Waals surface area contributed by atoms with E-state index in [0.29, 0.717) is 43.2 Å². The topological polar surface area (TPSA) is 111 Å². The van der Waals surface area contributed by atoms with E-state index in [0.717, 1.165) is 17.7 Å². The molecule has 1 aliphatic carbocycles. The van der Waals surface area contributed by atoms with Gasteiger partial charge in [-0.2, -0.15) is 0 Å². The zero-order valence-electron chi connectivity index (χ0n) is 18.9. The minimum absolute atomic E-state index is 0.164. The number of rotatable bonds is 4. The van der Waals surface area contributed by atoms with Crippen LogP contribution in [0.2, 0.25) is 0 Å². The molecular weight excluding hydrogens is 410 g/mol. The molecule has 6 amide bonds. The smallest absolute Gasteiger partial charge is 0.325 e. The summed E-state index contributed by atoms with van der Waals surface area (Å²) in [5.74, 6) is -0.274. The highest BCUT2D eigenvalue weighted by atomic mass is 16.2. The van der Waals surface area contributed by atoms with Crippen LogP contribution in [-0.2, 0) is 9.59 Å². The molecule has 2 heterocycles. The number of hydrogen-bond acceptors (Lipinski definition) is 4. The largest absolute Gasteiger partial charge is 0.336 e. The number of urea groups is 2. The average molecular weight is 442 g/mol. The van der Waals surface area contributed by atoms with Crippen LogP contribution in [0.25, 0.3) is 0 Å². The lowest BCUT2D eigenvalue weighted by molar-refractivity contribution is -0.135. The Morgan fingerprint density at radius 3 is 2.50 bits per heavy atom. The summed E-state index contributed by atoms with van der Waals surface area (Å²) in [4.78, 5) is 52.8. The first-order valence-electron chi connectivity index (χ1n) is 11.2. The van der Waals surface area contributed by atoms with Crippen molar-refractivity contribution in [1.82, 2.24) is 15.5 Å². The molecule has 1 aromatic rings. The first-order chi connectivity index (χ1) is 15.1. The summed E-state index contributed by atoms with van der Waals surface area (Å²) in [5, 5.41) is 8.34. The van der Waals surface area contributed by atoms with Gasteiger partial charge in [-0.25, -0.2) is 9.59 Å². The number of amides is 6. The first kappa shape index (κ1) is 22.1. The summed E-state index contributed by atoms with van der Waals surface area (Å²) in [5.41, 5.74) is 0.446. The molecule has 2 saturated heterocycles. The van der Waals surface area contributed by atoms with Crippen molar-refractivity contribution in [2.75, 3.05) is 29.9 Å². The molecule has 0 unspecified atom stereocenters. The average Bonchev–Trinajstić information content (AvgIpc) is 3.25. The predicted octanol–water partition coefficient (Wildman–Crippen LogP) is 2.68. The van der Waals surface area contributed by atoms with E-state index in [1.54, 1.807) is 29.2 Å². The van der Waals surface area contributed by atoms with Crippen molar-refractivity contribution >= 4 is 35.3 Å². The molecule has 4 rings (SSSR count). The van der Waals surface area contributed by atoms with E-state index in [1.165, 1.54) is 0 Å². The first-order valence-corrected chi connectivity index (χ1v) is 11.2. The van der Waals surface area contributed by atoms with Gasteiger partial charge in [0, 0.05) is 24.5 Å². The zero-order valence-corrected chi connectivity index (χ0v) is 18.9. The van der Waals surface area contributed by atoms with E-state index in [1.807, 2.05) is 0 Å². The Morgan fingerprint density at radius 2 is 1.88 bits per heavy atom. The molecule has 0 radical (unpaired) electrons. The summed E-state index contributed by atoms with van der Waals surface area (Å²) in [6, 6.07) is 6.24. The second kappa shape index (κ2) is 8.11. The second-order valence-electron chi connectivity index (χ2n) is 10.0. The fraction of sp³-hybridized carbons (Fsp3) is 0.565. The van der Waals surface area contributed by atoms with E-state index < -0.39 is 17.5 Å². The Hall–Kier alpha value is -3.10. The molecule has 2 aliphatic heterocycles. The van der Waals surface area contributed by atoms with Gasteiger partial charge in [-0.1, -0.05) is 26.8 Å². The normalized spacial score (nSPS) is 25.8.